The molecule has 1 amide bonds. The Bertz CT molecular complexity index is 564. The number of nitrogens with two attached hydrogens (primary N) is 1. The third kappa shape index (κ3) is 5.23. The molecule has 0 bridgehead atoms. The molecule has 0 aliphatic rings. The lowest BCUT2D eigenvalue weighted by molar-refractivity contribution is -0.121. The van der Waals surface area contributed by atoms with E-state index in [1.807, 2.05) is 20.8 Å². The van der Waals surface area contributed by atoms with Gasteiger partial charge in [0, 0.05) is 17.8 Å². The quantitative estimate of drug-likeness (QED) is 0.712. The van der Waals surface area contributed by atoms with Crippen LogP contribution in [0.25, 0.3) is 0 Å². The van der Waals surface area contributed by atoms with Crippen molar-refractivity contribution in [2.75, 3.05) is 12.3 Å². The summed E-state index contributed by atoms with van der Waals surface area (Å²) >= 11 is 0. The molecular weight excluding hydrogens is 268 g/mol. The molecular formula is C11H18N4O3S. The number of nitrogen functional groups attached to an aromatic ring is 1. The van der Waals surface area contributed by atoms with Crippen LogP contribution in [-0.2, 0) is 14.8 Å². The van der Waals surface area contributed by atoms with Crippen LogP contribution < -0.4 is 15.8 Å². The molecule has 0 saturated heterocycles. The highest BCUT2D eigenvalue weighted by atomic mass is 32.2. The largest absolute Gasteiger partial charge is 0.384 e. The number of rotatable bonds is 4. The molecule has 0 aliphatic heterocycles. The molecule has 1 heterocycles. The van der Waals surface area contributed by atoms with Gasteiger partial charge in [-0.05, 0) is 26.8 Å². The molecule has 0 aromatic carbocycles. The van der Waals surface area contributed by atoms with E-state index in [-0.39, 0.29) is 17.3 Å². The van der Waals surface area contributed by atoms with Crippen molar-refractivity contribution in [3.05, 3.63) is 18.3 Å². The maximum absolute atomic E-state index is 11.9. The maximum Gasteiger partial charge on any atom is 0.241 e. The Morgan fingerprint density at radius 3 is 2.58 bits per heavy atom. The monoisotopic (exact) mass is 286 g/mol. The zero-order valence-corrected chi connectivity index (χ0v) is 11.9. The van der Waals surface area contributed by atoms with Gasteiger partial charge >= 0.3 is 0 Å². The van der Waals surface area contributed by atoms with Gasteiger partial charge in [-0.2, -0.15) is 0 Å². The highest BCUT2D eigenvalue weighted by molar-refractivity contribution is 7.89. The zero-order chi connectivity index (χ0) is 14.7. The zero-order valence-electron chi connectivity index (χ0n) is 11.1. The summed E-state index contributed by atoms with van der Waals surface area (Å²) in [6, 6.07) is 2.53. The predicted molar refractivity (Wildman–Crippen MR) is 71.7 cm³/mol. The van der Waals surface area contributed by atoms with Gasteiger partial charge < -0.3 is 11.1 Å². The van der Waals surface area contributed by atoms with Crippen LogP contribution in [0, 0.1) is 0 Å². The molecule has 0 unspecified atom stereocenters. The summed E-state index contributed by atoms with van der Waals surface area (Å²) in [4.78, 5) is 15.2. The minimum atomic E-state index is -3.76. The van der Waals surface area contributed by atoms with E-state index in [1.165, 1.54) is 18.3 Å². The third-order valence-corrected chi connectivity index (χ3v) is 3.40. The molecule has 1 rings (SSSR count). The molecule has 7 nitrogen and oxygen atoms in total. The number of nitrogens with one attached hydrogen (secondary N) is 2. The van der Waals surface area contributed by atoms with Crippen LogP contribution in [-0.4, -0.2) is 31.4 Å². The van der Waals surface area contributed by atoms with Gasteiger partial charge in [-0.25, -0.2) is 18.1 Å². The predicted octanol–water partition coefficient (Wildman–Crippen LogP) is -0.143. The summed E-state index contributed by atoms with van der Waals surface area (Å²) in [5.74, 6) is -0.305. The molecule has 0 fully saturated rings. The summed E-state index contributed by atoms with van der Waals surface area (Å²) in [6.45, 7) is 5.09. The summed E-state index contributed by atoms with van der Waals surface area (Å²) < 4.78 is 26.0. The molecule has 4 N–H and O–H groups in total. The Hall–Kier alpha value is -1.67. The van der Waals surface area contributed by atoms with E-state index < -0.39 is 21.5 Å². The van der Waals surface area contributed by atoms with Crippen LogP contribution in [0.15, 0.2) is 23.2 Å². The van der Waals surface area contributed by atoms with Crippen molar-refractivity contribution in [2.45, 2.75) is 31.2 Å². The first-order valence-electron chi connectivity index (χ1n) is 5.62. The lowest BCUT2D eigenvalue weighted by Crippen LogP contribution is -2.45. The van der Waals surface area contributed by atoms with Crippen LogP contribution in [0.2, 0.25) is 0 Å². The standard InChI is InChI=1S/C11H18N4O3S/c1-11(2,3)15-10(16)7-14-19(17,18)8-4-5-13-9(12)6-8/h4-6,14H,7H2,1-3H3,(H2,12,13)(H,15,16). The first kappa shape index (κ1) is 15.4. The second-order valence-electron chi connectivity index (χ2n) is 5.04. The van der Waals surface area contributed by atoms with Crippen molar-refractivity contribution in [1.29, 1.82) is 0 Å². The summed E-state index contributed by atoms with van der Waals surface area (Å²) in [6.07, 6.45) is 1.29. The number of carbonyl (C=O) groups is 1. The van der Waals surface area contributed by atoms with E-state index in [9.17, 15) is 13.2 Å². The number of sulfonamides is 1. The van der Waals surface area contributed by atoms with E-state index in [0.29, 0.717) is 0 Å². The summed E-state index contributed by atoms with van der Waals surface area (Å²) in [5.41, 5.74) is 5.00. The van der Waals surface area contributed by atoms with Crippen molar-refractivity contribution in [1.82, 2.24) is 15.0 Å². The van der Waals surface area contributed by atoms with Gasteiger partial charge in [0.25, 0.3) is 0 Å². The average molecular weight is 286 g/mol. The van der Waals surface area contributed by atoms with Crippen LogP contribution in [0.3, 0.4) is 0 Å². The smallest absolute Gasteiger partial charge is 0.241 e. The first-order valence-corrected chi connectivity index (χ1v) is 7.11. The lowest BCUT2D eigenvalue weighted by Gasteiger charge is -2.20. The fourth-order valence-corrected chi connectivity index (χ4v) is 2.31. The Balaban J connectivity index is 2.69. The molecule has 1 aromatic heterocycles. The van der Waals surface area contributed by atoms with Crippen molar-refractivity contribution >= 4 is 21.7 Å². The normalized spacial score (nSPS) is 12.2. The minimum absolute atomic E-state index is 0.0245. The van der Waals surface area contributed by atoms with E-state index in [0.717, 1.165) is 0 Å². The molecule has 106 valence electrons. The summed E-state index contributed by atoms with van der Waals surface area (Å²) in [5, 5.41) is 2.65. The van der Waals surface area contributed by atoms with E-state index in [4.69, 9.17) is 5.73 Å². The molecule has 0 spiro atoms. The lowest BCUT2D eigenvalue weighted by atomic mass is 10.1. The van der Waals surface area contributed by atoms with Crippen LogP contribution >= 0.6 is 0 Å². The van der Waals surface area contributed by atoms with Gasteiger partial charge in [0.2, 0.25) is 15.9 Å². The molecule has 0 radical (unpaired) electrons. The van der Waals surface area contributed by atoms with Gasteiger partial charge in [0.15, 0.2) is 0 Å². The van der Waals surface area contributed by atoms with Crippen molar-refractivity contribution in [2.24, 2.45) is 0 Å². The van der Waals surface area contributed by atoms with Gasteiger partial charge in [0.05, 0.1) is 11.4 Å². The van der Waals surface area contributed by atoms with E-state index >= 15 is 0 Å². The SMILES string of the molecule is CC(C)(C)NC(=O)CNS(=O)(=O)c1ccnc(N)c1. The number of hydrogen-bond acceptors (Lipinski definition) is 5. The topological polar surface area (TPSA) is 114 Å². The Kier molecular flexibility index (Phi) is 4.48. The van der Waals surface area contributed by atoms with Gasteiger partial charge in [-0.1, -0.05) is 0 Å². The minimum Gasteiger partial charge on any atom is -0.384 e. The average Bonchev–Trinajstić information content (AvgIpc) is 2.24. The fraction of sp³-hybridized carbons (Fsp3) is 0.455. The first-order chi connectivity index (χ1) is 8.60. The van der Waals surface area contributed by atoms with Crippen LogP contribution in [0.5, 0.6) is 0 Å². The summed E-state index contributed by atoms with van der Waals surface area (Å²) in [7, 11) is -3.76. The number of hydrogen-bond donors (Lipinski definition) is 3. The number of carbonyl (C=O) groups excluding carboxylic acids is 1. The van der Waals surface area contributed by atoms with E-state index in [1.54, 1.807) is 0 Å². The number of anilines is 1. The van der Waals surface area contributed by atoms with Gasteiger partial charge in [-0.15, -0.1) is 0 Å². The molecule has 0 aliphatic carbocycles. The van der Waals surface area contributed by atoms with Crippen molar-refractivity contribution in [3.63, 3.8) is 0 Å². The maximum atomic E-state index is 11.9. The number of pyridine rings is 1. The second kappa shape index (κ2) is 5.54. The highest BCUT2D eigenvalue weighted by Crippen LogP contribution is 2.09. The van der Waals surface area contributed by atoms with E-state index in [2.05, 4.69) is 15.0 Å². The van der Waals surface area contributed by atoms with Gasteiger partial charge in [-0.3, -0.25) is 4.79 Å². The van der Waals surface area contributed by atoms with Crippen LogP contribution in [0.1, 0.15) is 20.8 Å². The fourth-order valence-electron chi connectivity index (χ4n) is 1.30. The van der Waals surface area contributed by atoms with Crippen molar-refractivity contribution in [3.8, 4) is 0 Å². The third-order valence-electron chi connectivity index (χ3n) is 2.00. The number of nitrogens with zero attached hydrogens (tertiary/aromatic N) is 1. The number of amides is 1. The second-order valence-corrected chi connectivity index (χ2v) is 6.81. The molecule has 0 atom stereocenters. The molecule has 0 saturated carbocycles. The Morgan fingerprint density at radius 2 is 2.05 bits per heavy atom. The number of aromatic nitrogens is 1. The Morgan fingerprint density at radius 1 is 1.42 bits per heavy atom. The van der Waals surface area contributed by atoms with Gasteiger partial charge in [0.1, 0.15) is 5.82 Å². The van der Waals surface area contributed by atoms with Crippen molar-refractivity contribution < 1.29 is 13.2 Å². The van der Waals surface area contributed by atoms with Crippen LogP contribution in [0.4, 0.5) is 5.82 Å². The Labute approximate surface area is 112 Å². The highest BCUT2D eigenvalue weighted by Gasteiger charge is 2.18. The molecule has 1 aromatic rings. The molecule has 8 heteroatoms. The molecule has 19 heavy (non-hydrogen) atoms.